The van der Waals surface area contributed by atoms with Crippen LogP contribution in [0, 0.1) is 0 Å². The molecule has 0 aliphatic rings. The van der Waals surface area contributed by atoms with Gasteiger partial charge in [-0.15, -0.1) is 0 Å². The fraction of sp³-hybridized carbons (Fsp3) is 0.357. The molecule has 3 aromatic carbocycles. The Morgan fingerprint density at radius 3 is 1.16 bits per heavy atom. The standard InChI is InChI=1S/C28H35O2S/c1-5-27(29,6-2)22-14-18-25(19-15-22)31(24-12-10-9-11-13-24)26-20-16-23(17-21-26)28(30,7-3)8-4/h9-21,29-30H,5-8H2,1-4H3/q+1. The molecule has 2 nitrogen and oxygen atoms in total. The van der Waals surface area contributed by atoms with Gasteiger partial charge >= 0.3 is 0 Å². The lowest BCUT2D eigenvalue weighted by Gasteiger charge is -2.26. The molecule has 0 saturated carbocycles. The second kappa shape index (κ2) is 10.0. The Morgan fingerprint density at radius 2 is 0.839 bits per heavy atom. The van der Waals surface area contributed by atoms with Crippen LogP contribution in [0.2, 0.25) is 0 Å². The van der Waals surface area contributed by atoms with Crippen molar-refractivity contribution < 1.29 is 10.2 Å². The highest BCUT2D eigenvalue weighted by Crippen LogP contribution is 2.36. The molecule has 0 saturated heterocycles. The molecule has 0 amide bonds. The van der Waals surface area contributed by atoms with Crippen molar-refractivity contribution in [2.45, 2.75) is 79.3 Å². The molecule has 0 radical (unpaired) electrons. The summed E-state index contributed by atoms with van der Waals surface area (Å²) in [6.07, 6.45) is 2.80. The first-order valence-corrected chi connectivity index (χ1v) is 12.6. The van der Waals surface area contributed by atoms with E-state index in [0.717, 1.165) is 11.1 Å². The summed E-state index contributed by atoms with van der Waals surface area (Å²) in [7, 11) is -0.256. The molecule has 3 heteroatoms. The maximum absolute atomic E-state index is 10.9. The Kier molecular flexibility index (Phi) is 7.64. The van der Waals surface area contributed by atoms with Crippen LogP contribution in [-0.2, 0) is 22.1 Å². The van der Waals surface area contributed by atoms with Gasteiger partial charge in [0.15, 0.2) is 14.7 Å². The molecule has 0 aromatic heterocycles. The fourth-order valence-electron chi connectivity index (χ4n) is 4.08. The van der Waals surface area contributed by atoms with E-state index >= 15 is 0 Å². The van der Waals surface area contributed by atoms with Crippen molar-refractivity contribution >= 4 is 10.9 Å². The molecule has 0 bridgehead atoms. The summed E-state index contributed by atoms with van der Waals surface area (Å²) in [5.41, 5.74) is 0.417. The van der Waals surface area contributed by atoms with Crippen LogP contribution in [0.4, 0.5) is 0 Å². The summed E-state index contributed by atoms with van der Waals surface area (Å²) in [5.74, 6) is 0. The Morgan fingerprint density at radius 1 is 0.516 bits per heavy atom. The zero-order valence-electron chi connectivity index (χ0n) is 19.1. The van der Waals surface area contributed by atoms with Crippen LogP contribution in [0.3, 0.4) is 0 Å². The van der Waals surface area contributed by atoms with Gasteiger partial charge < -0.3 is 10.2 Å². The van der Waals surface area contributed by atoms with Gasteiger partial charge in [-0.3, -0.25) is 0 Å². The van der Waals surface area contributed by atoms with E-state index in [2.05, 4.69) is 72.8 Å². The lowest BCUT2D eigenvalue weighted by Crippen LogP contribution is -2.23. The summed E-state index contributed by atoms with van der Waals surface area (Å²) < 4.78 is 0. The second-order valence-corrected chi connectivity index (χ2v) is 10.2. The summed E-state index contributed by atoms with van der Waals surface area (Å²) in [6, 6.07) is 27.5. The van der Waals surface area contributed by atoms with Crippen molar-refractivity contribution in [1.29, 1.82) is 0 Å². The van der Waals surface area contributed by atoms with Gasteiger partial charge in [-0.1, -0.05) is 70.2 Å². The lowest BCUT2D eigenvalue weighted by atomic mass is 9.89. The van der Waals surface area contributed by atoms with Crippen molar-refractivity contribution in [2.75, 3.05) is 0 Å². The molecule has 0 aliphatic heterocycles. The normalized spacial score (nSPS) is 12.4. The summed E-state index contributed by atoms with van der Waals surface area (Å²) in [4.78, 5) is 3.70. The molecule has 3 rings (SSSR count). The SMILES string of the molecule is CCC(O)(CC)c1ccc([S+](c2ccccc2)c2ccc(C(O)(CC)CC)cc2)cc1. The average molecular weight is 436 g/mol. The Bertz CT molecular complexity index is 879. The first-order chi connectivity index (χ1) is 14.9. The number of benzene rings is 3. The minimum absolute atomic E-state index is 0.256. The zero-order valence-corrected chi connectivity index (χ0v) is 20.0. The smallest absolute Gasteiger partial charge is 0.166 e. The van der Waals surface area contributed by atoms with Crippen LogP contribution in [0.5, 0.6) is 0 Å². The van der Waals surface area contributed by atoms with Gasteiger partial charge in [0, 0.05) is 0 Å². The summed E-state index contributed by atoms with van der Waals surface area (Å²) in [5, 5.41) is 21.8. The topological polar surface area (TPSA) is 40.5 Å². The highest BCUT2D eigenvalue weighted by Gasteiger charge is 2.32. The fourth-order valence-corrected chi connectivity index (χ4v) is 6.15. The predicted octanol–water partition coefficient (Wildman–Crippen LogP) is 6.80. The second-order valence-electron chi connectivity index (χ2n) is 8.15. The molecule has 3 aromatic rings. The lowest BCUT2D eigenvalue weighted by molar-refractivity contribution is 0.0280. The van der Waals surface area contributed by atoms with E-state index in [-0.39, 0.29) is 10.9 Å². The monoisotopic (exact) mass is 435 g/mol. The first-order valence-electron chi connectivity index (χ1n) is 11.4. The van der Waals surface area contributed by atoms with E-state index in [1.54, 1.807) is 0 Å². The number of hydrogen-bond donors (Lipinski definition) is 2. The highest BCUT2D eigenvalue weighted by molar-refractivity contribution is 7.97. The molecule has 0 heterocycles. The predicted molar refractivity (Wildman–Crippen MR) is 130 cm³/mol. The molecule has 0 unspecified atom stereocenters. The molecule has 2 N–H and O–H groups in total. The minimum atomic E-state index is -0.768. The van der Waals surface area contributed by atoms with Crippen LogP contribution in [0.15, 0.2) is 93.5 Å². The third-order valence-electron chi connectivity index (χ3n) is 6.57. The van der Waals surface area contributed by atoms with Crippen molar-refractivity contribution in [3.05, 3.63) is 90.0 Å². The van der Waals surface area contributed by atoms with Gasteiger partial charge in [0.05, 0.1) is 22.1 Å². The van der Waals surface area contributed by atoms with Gasteiger partial charge in [0.2, 0.25) is 0 Å². The Hall–Kier alpha value is -2.07. The van der Waals surface area contributed by atoms with Crippen LogP contribution < -0.4 is 0 Å². The van der Waals surface area contributed by atoms with E-state index in [0.29, 0.717) is 25.7 Å². The maximum atomic E-state index is 10.9. The van der Waals surface area contributed by atoms with E-state index in [1.807, 2.05) is 33.8 Å². The van der Waals surface area contributed by atoms with Crippen molar-refractivity contribution in [3.8, 4) is 0 Å². The van der Waals surface area contributed by atoms with Crippen LogP contribution in [-0.4, -0.2) is 10.2 Å². The highest BCUT2D eigenvalue weighted by atomic mass is 32.2. The molecular weight excluding hydrogens is 400 g/mol. The van der Waals surface area contributed by atoms with Gasteiger partial charge in [-0.05, 0) is 73.2 Å². The summed E-state index contributed by atoms with van der Waals surface area (Å²) in [6.45, 7) is 8.12. The molecule has 31 heavy (non-hydrogen) atoms. The van der Waals surface area contributed by atoms with Crippen LogP contribution in [0.1, 0.15) is 64.5 Å². The van der Waals surface area contributed by atoms with Crippen molar-refractivity contribution in [1.82, 2.24) is 0 Å². The first kappa shape index (κ1) is 23.6. The van der Waals surface area contributed by atoms with Crippen LogP contribution in [0.25, 0.3) is 0 Å². The van der Waals surface area contributed by atoms with Gasteiger partial charge in [-0.2, -0.15) is 0 Å². The van der Waals surface area contributed by atoms with Gasteiger partial charge in [0.1, 0.15) is 0 Å². The van der Waals surface area contributed by atoms with Crippen LogP contribution >= 0.6 is 0 Å². The summed E-state index contributed by atoms with van der Waals surface area (Å²) >= 11 is 0. The van der Waals surface area contributed by atoms with E-state index in [9.17, 15) is 10.2 Å². The van der Waals surface area contributed by atoms with Gasteiger partial charge in [-0.25, -0.2) is 0 Å². The minimum Gasteiger partial charge on any atom is -0.385 e. The van der Waals surface area contributed by atoms with Gasteiger partial charge in [0.25, 0.3) is 0 Å². The Balaban J connectivity index is 2.03. The largest absolute Gasteiger partial charge is 0.385 e. The maximum Gasteiger partial charge on any atom is 0.166 e. The Labute approximate surface area is 190 Å². The number of hydrogen-bond acceptors (Lipinski definition) is 2. The van der Waals surface area contributed by atoms with E-state index in [4.69, 9.17) is 0 Å². The average Bonchev–Trinajstić information content (AvgIpc) is 2.84. The quantitative estimate of drug-likeness (QED) is 0.363. The number of rotatable bonds is 9. The van der Waals surface area contributed by atoms with E-state index in [1.165, 1.54) is 14.7 Å². The number of aliphatic hydroxyl groups is 2. The molecule has 0 fully saturated rings. The molecular formula is C28H35O2S+. The third kappa shape index (κ3) is 4.90. The molecule has 164 valence electrons. The van der Waals surface area contributed by atoms with Crippen molar-refractivity contribution in [2.24, 2.45) is 0 Å². The zero-order chi connectivity index (χ0) is 22.5. The third-order valence-corrected chi connectivity index (χ3v) is 8.80. The molecule has 0 spiro atoms. The van der Waals surface area contributed by atoms with Crippen molar-refractivity contribution in [3.63, 3.8) is 0 Å². The van der Waals surface area contributed by atoms with E-state index < -0.39 is 11.2 Å². The molecule has 0 atom stereocenters. The molecule has 0 aliphatic carbocycles.